The Morgan fingerprint density at radius 1 is 1.06 bits per heavy atom. The summed E-state index contributed by atoms with van der Waals surface area (Å²) in [7, 11) is 0. The van der Waals surface area contributed by atoms with Gasteiger partial charge in [-0.25, -0.2) is 9.98 Å². The number of halogens is 1. The molecule has 2 aromatic carbocycles. The molecule has 2 N–H and O–H groups in total. The number of hydrogen-bond donors (Lipinski definition) is 2. The van der Waals surface area contributed by atoms with Gasteiger partial charge < -0.3 is 19.6 Å². The Morgan fingerprint density at radius 3 is 2.62 bits per heavy atom. The molecule has 0 aliphatic rings. The van der Waals surface area contributed by atoms with Gasteiger partial charge in [-0.15, -0.1) is 24.0 Å². The van der Waals surface area contributed by atoms with Gasteiger partial charge in [-0.1, -0.05) is 42.5 Å². The summed E-state index contributed by atoms with van der Waals surface area (Å²) >= 11 is 0. The Morgan fingerprint density at radius 2 is 1.88 bits per heavy atom. The van der Waals surface area contributed by atoms with E-state index in [9.17, 15) is 0 Å². The number of nitrogens with one attached hydrogen (secondary N) is 2. The summed E-state index contributed by atoms with van der Waals surface area (Å²) in [5.74, 6) is 2.73. The van der Waals surface area contributed by atoms with E-state index in [1.54, 1.807) is 0 Å². The lowest BCUT2D eigenvalue weighted by atomic mass is 10.1. The number of imidazole rings is 1. The van der Waals surface area contributed by atoms with E-state index in [0.717, 1.165) is 41.6 Å². The second-order valence-corrected chi connectivity index (χ2v) is 7.62. The number of fused-ring (bicyclic) bond motifs is 1. The normalized spacial score (nSPS) is 11.4. The zero-order chi connectivity index (χ0) is 21.6. The van der Waals surface area contributed by atoms with Crippen molar-refractivity contribution >= 4 is 40.9 Å². The van der Waals surface area contributed by atoms with Crippen LogP contribution in [0.5, 0.6) is 0 Å². The van der Waals surface area contributed by atoms with Crippen molar-refractivity contribution in [2.24, 2.45) is 4.99 Å². The minimum atomic E-state index is 0. The van der Waals surface area contributed by atoms with Crippen molar-refractivity contribution in [2.75, 3.05) is 6.54 Å². The van der Waals surface area contributed by atoms with Gasteiger partial charge in [-0.3, -0.25) is 0 Å². The van der Waals surface area contributed by atoms with E-state index in [1.807, 2.05) is 37.5 Å². The fourth-order valence-electron chi connectivity index (χ4n) is 3.66. The van der Waals surface area contributed by atoms with E-state index in [-0.39, 0.29) is 24.0 Å². The van der Waals surface area contributed by atoms with E-state index in [2.05, 4.69) is 64.4 Å². The van der Waals surface area contributed by atoms with Gasteiger partial charge in [-0.05, 0) is 38.0 Å². The molecular formula is C25H30IN5O. The molecule has 0 radical (unpaired) electrons. The molecule has 7 heteroatoms. The van der Waals surface area contributed by atoms with E-state index in [0.29, 0.717) is 13.1 Å². The average Bonchev–Trinajstić information content (AvgIpc) is 3.33. The lowest BCUT2D eigenvalue weighted by molar-refractivity contribution is 0.534. The maximum atomic E-state index is 6.01. The van der Waals surface area contributed by atoms with Crippen LogP contribution in [-0.2, 0) is 19.6 Å². The first-order valence-corrected chi connectivity index (χ1v) is 10.7. The number of aryl methyl sites for hydroxylation is 2. The Kier molecular flexibility index (Phi) is 8.33. The Hall–Kier alpha value is -2.81. The highest BCUT2D eigenvalue weighted by molar-refractivity contribution is 14.0. The van der Waals surface area contributed by atoms with Crippen molar-refractivity contribution < 1.29 is 4.42 Å². The third kappa shape index (κ3) is 5.70. The highest BCUT2D eigenvalue weighted by atomic mass is 127. The lowest BCUT2D eigenvalue weighted by Crippen LogP contribution is -2.36. The number of furan rings is 1. The summed E-state index contributed by atoms with van der Waals surface area (Å²) < 4.78 is 8.16. The number of para-hydroxylation sites is 1. The molecule has 4 rings (SSSR count). The van der Waals surface area contributed by atoms with Crippen molar-refractivity contribution in [3.63, 3.8) is 0 Å². The van der Waals surface area contributed by atoms with Crippen molar-refractivity contribution in [2.45, 2.75) is 40.4 Å². The molecule has 0 spiro atoms. The largest absolute Gasteiger partial charge is 0.459 e. The molecule has 0 atom stereocenters. The van der Waals surface area contributed by atoms with Gasteiger partial charge in [0.15, 0.2) is 5.96 Å². The molecule has 32 heavy (non-hydrogen) atoms. The smallest absolute Gasteiger partial charge is 0.191 e. The average molecular weight is 543 g/mol. The van der Waals surface area contributed by atoms with Crippen LogP contribution in [0.1, 0.15) is 35.2 Å². The van der Waals surface area contributed by atoms with Crippen LogP contribution in [0, 0.1) is 13.8 Å². The minimum absolute atomic E-state index is 0. The topological polar surface area (TPSA) is 67.4 Å². The highest BCUT2D eigenvalue weighted by Crippen LogP contribution is 2.24. The second-order valence-electron chi connectivity index (χ2n) is 7.62. The molecule has 0 bridgehead atoms. The maximum Gasteiger partial charge on any atom is 0.191 e. The fourth-order valence-corrected chi connectivity index (χ4v) is 3.66. The first-order valence-electron chi connectivity index (χ1n) is 10.7. The molecule has 0 fully saturated rings. The number of aromatic nitrogens is 2. The highest BCUT2D eigenvalue weighted by Gasteiger charge is 2.10. The SMILES string of the molecule is CCNC(=NCc1cccc(Cn2ccnc2C)c1)NCc1oc2ccccc2c1C.I. The number of aliphatic imine (C=N–C) groups is 1. The Labute approximate surface area is 206 Å². The van der Waals surface area contributed by atoms with Crippen LogP contribution in [0.3, 0.4) is 0 Å². The van der Waals surface area contributed by atoms with Crippen molar-refractivity contribution in [1.82, 2.24) is 20.2 Å². The summed E-state index contributed by atoms with van der Waals surface area (Å²) in [6.07, 6.45) is 3.84. The summed E-state index contributed by atoms with van der Waals surface area (Å²) in [5, 5.41) is 7.88. The Bertz CT molecular complexity index is 1190. The van der Waals surface area contributed by atoms with Gasteiger partial charge in [0.1, 0.15) is 17.2 Å². The number of benzene rings is 2. The van der Waals surface area contributed by atoms with Crippen LogP contribution in [0.2, 0.25) is 0 Å². The minimum Gasteiger partial charge on any atom is -0.459 e. The quantitative estimate of drug-likeness (QED) is 0.192. The first kappa shape index (κ1) is 23.8. The third-order valence-corrected chi connectivity index (χ3v) is 5.39. The molecule has 0 unspecified atom stereocenters. The van der Waals surface area contributed by atoms with Crippen LogP contribution >= 0.6 is 24.0 Å². The zero-order valence-electron chi connectivity index (χ0n) is 18.8. The monoisotopic (exact) mass is 543 g/mol. The molecule has 2 heterocycles. The van der Waals surface area contributed by atoms with Crippen molar-refractivity contribution in [1.29, 1.82) is 0 Å². The van der Waals surface area contributed by atoms with Crippen LogP contribution in [-0.4, -0.2) is 22.1 Å². The standard InChI is InChI=1S/C25H29N5O.HI/c1-4-26-25(29-16-24-18(2)22-10-5-6-11-23(22)31-24)28-15-20-8-7-9-21(14-20)17-30-13-12-27-19(30)3;/h5-14H,4,15-17H2,1-3H3,(H2,26,28,29);1H. The van der Waals surface area contributed by atoms with Gasteiger partial charge in [0, 0.05) is 36.4 Å². The number of nitrogens with zero attached hydrogens (tertiary/aromatic N) is 3. The van der Waals surface area contributed by atoms with Gasteiger partial charge in [0.2, 0.25) is 0 Å². The molecule has 168 valence electrons. The van der Waals surface area contributed by atoms with Gasteiger partial charge in [-0.2, -0.15) is 0 Å². The van der Waals surface area contributed by atoms with Gasteiger partial charge >= 0.3 is 0 Å². The van der Waals surface area contributed by atoms with Crippen LogP contribution in [0.25, 0.3) is 11.0 Å². The molecule has 0 amide bonds. The summed E-state index contributed by atoms with van der Waals surface area (Å²) in [4.78, 5) is 9.07. The predicted molar refractivity (Wildman–Crippen MR) is 141 cm³/mol. The lowest BCUT2D eigenvalue weighted by Gasteiger charge is -2.11. The van der Waals surface area contributed by atoms with Crippen LogP contribution < -0.4 is 10.6 Å². The molecule has 0 aliphatic heterocycles. The second kappa shape index (κ2) is 11.2. The summed E-state index contributed by atoms with van der Waals surface area (Å²) in [5.41, 5.74) is 4.50. The van der Waals surface area contributed by atoms with E-state index in [1.165, 1.54) is 16.7 Å². The van der Waals surface area contributed by atoms with E-state index in [4.69, 9.17) is 9.41 Å². The number of guanidine groups is 1. The third-order valence-electron chi connectivity index (χ3n) is 5.39. The number of rotatable bonds is 7. The molecular weight excluding hydrogens is 513 g/mol. The van der Waals surface area contributed by atoms with Gasteiger partial charge in [0.05, 0.1) is 13.1 Å². The summed E-state index contributed by atoms with van der Waals surface area (Å²) in [6, 6.07) is 16.7. The van der Waals surface area contributed by atoms with Crippen molar-refractivity contribution in [3.05, 3.63) is 89.2 Å². The molecule has 0 aliphatic carbocycles. The molecule has 4 aromatic rings. The summed E-state index contributed by atoms with van der Waals surface area (Å²) in [6.45, 7) is 8.99. The molecule has 2 aromatic heterocycles. The first-order chi connectivity index (χ1) is 15.1. The molecule has 0 saturated heterocycles. The zero-order valence-corrected chi connectivity index (χ0v) is 21.1. The van der Waals surface area contributed by atoms with Gasteiger partial charge in [0.25, 0.3) is 0 Å². The number of hydrogen-bond acceptors (Lipinski definition) is 3. The molecule has 6 nitrogen and oxygen atoms in total. The van der Waals surface area contributed by atoms with Crippen molar-refractivity contribution in [3.8, 4) is 0 Å². The van der Waals surface area contributed by atoms with Crippen LogP contribution in [0.15, 0.2) is 70.3 Å². The fraction of sp³-hybridized carbons (Fsp3) is 0.280. The Balaban J connectivity index is 0.00000289. The molecule has 0 saturated carbocycles. The van der Waals surface area contributed by atoms with E-state index < -0.39 is 0 Å². The predicted octanol–water partition coefficient (Wildman–Crippen LogP) is 5.17. The van der Waals surface area contributed by atoms with Crippen LogP contribution in [0.4, 0.5) is 0 Å². The maximum absolute atomic E-state index is 6.01. The van der Waals surface area contributed by atoms with E-state index >= 15 is 0 Å².